The quantitative estimate of drug-likeness (QED) is 0.882. The Morgan fingerprint density at radius 3 is 2.78 bits per heavy atom. The number of rotatable bonds is 2. The van der Waals surface area contributed by atoms with Gasteiger partial charge in [0.15, 0.2) is 5.58 Å². The van der Waals surface area contributed by atoms with Crippen molar-refractivity contribution in [2.75, 3.05) is 0 Å². The Labute approximate surface area is 105 Å². The van der Waals surface area contributed by atoms with Crippen LogP contribution in [0.1, 0.15) is 37.7 Å². The third-order valence-electron chi connectivity index (χ3n) is 4.03. The van der Waals surface area contributed by atoms with E-state index in [1.807, 2.05) is 18.2 Å². The molecule has 0 radical (unpaired) electrons. The smallest absolute Gasteiger partial charge is 0.314 e. The number of carbonyl (C=O) groups is 1. The van der Waals surface area contributed by atoms with E-state index < -0.39 is 11.4 Å². The van der Waals surface area contributed by atoms with Crippen molar-refractivity contribution in [3.8, 4) is 0 Å². The molecule has 1 N–H and O–H groups in total. The highest BCUT2D eigenvalue weighted by molar-refractivity contribution is 5.84. The minimum Gasteiger partial charge on any atom is -0.481 e. The first-order valence-electron chi connectivity index (χ1n) is 6.31. The van der Waals surface area contributed by atoms with Gasteiger partial charge >= 0.3 is 5.97 Å². The maximum atomic E-state index is 11.7. The van der Waals surface area contributed by atoms with Gasteiger partial charge in [-0.05, 0) is 30.5 Å². The van der Waals surface area contributed by atoms with Gasteiger partial charge in [0.05, 0.1) is 11.6 Å². The average Bonchev–Trinajstić information content (AvgIpc) is 2.86. The van der Waals surface area contributed by atoms with E-state index in [2.05, 4.69) is 5.16 Å². The van der Waals surface area contributed by atoms with Crippen molar-refractivity contribution in [1.82, 2.24) is 5.16 Å². The summed E-state index contributed by atoms with van der Waals surface area (Å²) in [5.74, 6) is -0.721. The summed E-state index contributed by atoms with van der Waals surface area (Å²) in [6.45, 7) is 0. The van der Waals surface area contributed by atoms with E-state index in [9.17, 15) is 9.90 Å². The molecule has 0 saturated heterocycles. The van der Waals surface area contributed by atoms with Crippen molar-refractivity contribution < 1.29 is 14.4 Å². The highest BCUT2D eigenvalue weighted by Gasteiger charge is 2.41. The van der Waals surface area contributed by atoms with Gasteiger partial charge in [0.2, 0.25) is 0 Å². The van der Waals surface area contributed by atoms with Crippen molar-refractivity contribution in [3.63, 3.8) is 0 Å². The lowest BCUT2D eigenvalue weighted by atomic mass is 9.69. The van der Waals surface area contributed by atoms with Crippen LogP contribution >= 0.6 is 0 Å². The molecule has 4 heteroatoms. The predicted molar refractivity (Wildman–Crippen MR) is 66.4 cm³/mol. The molecule has 94 valence electrons. The normalized spacial score (nSPS) is 18.9. The van der Waals surface area contributed by atoms with Crippen LogP contribution in [0.3, 0.4) is 0 Å². The van der Waals surface area contributed by atoms with Gasteiger partial charge < -0.3 is 9.63 Å². The molecule has 1 aromatic heterocycles. The predicted octanol–water partition coefficient (Wildman–Crippen LogP) is 3.11. The molecule has 1 heterocycles. The summed E-state index contributed by atoms with van der Waals surface area (Å²) in [5, 5.41) is 14.3. The summed E-state index contributed by atoms with van der Waals surface area (Å²) in [5.41, 5.74) is 0.775. The van der Waals surface area contributed by atoms with E-state index in [0.717, 1.165) is 30.2 Å². The maximum absolute atomic E-state index is 11.7. The number of aromatic nitrogens is 1. The Morgan fingerprint density at radius 1 is 1.28 bits per heavy atom. The van der Waals surface area contributed by atoms with Crippen molar-refractivity contribution >= 4 is 16.9 Å². The topological polar surface area (TPSA) is 63.3 Å². The second-order valence-corrected chi connectivity index (χ2v) is 5.03. The molecule has 2 aromatic rings. The standard InChI is InChI=1S/C14H15NO3/c16-13(17)14(6-2-1-3-7-14)11-5-4-10-9-15-18-12(10)8-11/h4-5,8-9H,1-3,6-7H2,(H,16,17). The summed E-state index contributed by atoms with van der Waals surface area (Å²) < 4.78 is 5.13. The van der Waals surface area contributed by atoms with Crippen LogP contribution in [0.5, 0.6) is 0 Å². The number of carboxylic acids is 1. The number of hydrogen-bond donors (Lipinski definition) is 1. The molecule has 0 atom stereocenters. The Kier molecular flexibility index (Phi) is 2.58. The number of carboxylic acid groups (broad SMARTS) is 1. The SMILES string of the molecule is O=C(O)C1(c2ccc3cnoc3c2)CCCCC1. The second kappa shape index (κ2) is 4.12. The van der Waals surface area contributed by atoms with Crippen LogP contribution in [0.25, 0.3) is 11.0 Å². The first-order valence-corrected chi connectivity index (χ1v) is 6.31. The Morgan fingerprint density at radius 2 is 2.06 bits per heavy atom. The summed E-state index contributed by atoms with van der Waals surface area (Å²) in [4.78, 5) is 11.7. The van der Waals surface area contributed by atoms with E-state index in [4.69, 9.17) is 4.52 Å². The molecule has 1 saturated carbocycles. The molecule has 0 amide bonds. The van der Waals surface area contributed by atoms with Gasteiger partial charge in [-0.3, -0.25) is 4.79 Å². The molecular weight excluding hydrogens is 230 g/mol. The highest BCUT2D eigenvalue weighted by Crippen LogP contribution is 2.40. The maximum Gasteiger partial charge on any atom is 0.314 e. The van der Waals surface area contributed by atoms with Crippen LogP contribution in [0.15, 0.2) is 28.9 Å². The number of aliphatic carboxylic acids is 1. The van der Waals surface area contributed by atoms with Gasteiger partial charge in [-0.2, -0.15) is 0 Å². The van der Waals surface area contributed by atoms with Crippen LogP contribution in [-0.2, 0) is 10.2 Å². The molecule has 1 aliphatic carbocycles. The molecule has 1 aromatic carbocycles. The van der Waals surface area contributed by atoms with Crippen LogP contribution < -0.4 is 0 Å². The van der Waals surface area contributed by atoms with Crippen molar-refractivity contribution in [2.24, 2.45) is 0 Å². The Bertz CT molecular complexity index is 581. The monoisotopic (exact) mass is 245 g/mol. The van der Waals surface area contributed by atoms with Crippen LogP contribution in [-0.4, -0.2) is 16.2 Å². The fourth-order valence-corrected chi connectivity index (χ4v) is 2.94. The average molecular weight is 245 g/mol. The summed E-state index contributed by atoms with van der Waals surface area (Å²) in [7, 11) is 0. The molecule has 18 heavy (non-hydrogen) atoms. The number of nitrogens with zero attached hydrogens (tertiary/aromatic N) is 1. The minimum atomic E-state index is -0.737. The fraction of sp³-hybridized carbons (Fsp3) is 0.429. The van der Waals surface area contributed by atoms with E-state index in [1.165, 1.54) is 0 Å². The molecule has 0 spiro atoms. The Hall–Kier alpha value is -1.84. The number of fused-ring (bicyclic) bond motifs is 1. The number of hydrogen-bond acceptors (Lipinski definition) is 3. The summed E-state index contributed by atoms with van der Waals surface area (Å²) in [6, 6.07) is 5.63. The van der Waals surface area contributed by atoms with Crippen molar-refractivity contribution in [1.29, 1.82) is 0 Å². The van der Waals surface area contributed by atoms with Crippen LogP contribution in [0.2, 0.25) is 0 Å². The zero-order valence-electron chi connectivity index (χ0n) is 10.1. The first-order chi connectivity index (χ1) is 8.72. The molecule has 1 fully saturated rings. The lowest BCUT2D eigenvalue weighted by molar-refractivity contribution is -0.145. The molecule has 0 unspecified atom stereocenters. The van der Waals surface area contributed by atoms with Crippen molar-refractivity contribution in [2.45, 2.75) is 37.5 Å². The van der Waals surface area contributed by atoms with E-state index >= 15 is 0 Å². The second-order valence-electron chi connectivity index (χ2n) is 5.03. The molecule has 0 aliphatic heterocycles. The third-order valence-corrected chi connectivity index (χ3v) is 4.03. The zero-order valence-corrected chi connectivity index (χ0v) is 10.1. The summed E-state index contributed by atoms with van der Waals surface area (Å²) >= 11 is 0. The number of benzene rings is 1. The van der Waals surface area contributed by atoms with Gasteiger partial charge in [0.25, 0.3) is 0 Å². The first kappa shape index (κ1) is 11.3. The van der Waals surface area contributed by atoms with Gasteiger partial charge in [-0.1, -0.05) is 30.5 Å². The van der Waals surface area contributed by atoms with Gasteiger partial charge in [-0.15, -0.1) is 0 Å². The zero-order chi connectivity index (χ0) is 12.6. The largest absolute Gasteiger partial charge is 0.481 e. The lowest BCUT2D eigenvalue weighted by Crippen LogP contribution is -2.37. The molecule has 3 rings (SSSR count). The van der Waals surface area contributed by atoms with Crippen LogP contribution in [0, 0.1) is 0 Å². The fourth-order valence-electron chi connectivity index (χ4n) is 2.94. The highest BCUT2D eigenvalue weighted by atomic mass is 16.5. The van der Waals surface area contributed by atoms with Crippen molar-refractivity contribution in [3.05, 3.63) is 30.0 Å². The lowest BCUT2D eigenvalue weighted by Gasteiger charge is -2.33. The molecule has 4 nitrogen and oxygen atoms in total. The minimum absolute atomic E-state index is 0.665. The molecule has 0 bridgehead atoms. The summed E-state index contributed by atoms with van der Waals surface area (Å²) in [6.07, 6.45) is 6.14. The third kappa shape index (κ3) is 1.60. The van der Waals surface area contributed by atoms with Crippen LogP contribution in [0.4, 0.5) is 0 Å². The van der Waals surface area contributed by atoms with Gasteiger partial charge in [0, 0.05) is 5.39 Å². The molecule has 1 aliphatic rings. The van der Waals surface area contributed by atoms with E-state index in [1.54, 1.807) is 6.20 Å². The van der Waals surface area contributed by atoms with E-state index in [-0.39, 0.29) is 0 Å². The van der Waals surface area contributed by atoms with Gasteiger partial charge in [-0.25, -0.2) is 0 Å². The van der Waals surface area contributed by atoms with Gasteiger partial charge in [0.1, 0.15) is 0 Å². The Balaban J connectivity index is 2.11. The van der Waals surface area contributed by atoms with E-state index in [0.29, 0.717) is 18.4 Å². The molecular formula is C14H15NO3.